The Hall–Kier alpha value is -2.13. The summed E-state index contributed by atoms with van der Waals surface area (Å²) in [5.41, 5.74) is 0.908. The van der Waals surface area contributed by atoms with E-state index in [1.165, 1.54) is 11.3 Å². The summed E-state index contributed by atoms with van der Waals surface area (Å²) < 4.78 is 11.4. The minimum Gasteiger partial charge on any atom is -0.497 e. The highest BCUT2D eigenvalue weighted by atomic mass is 32.2. The molecule has 0 amide bonds. The van der Waals surface area contributed by atoms with E-state index < -0.39 is 0 Å². The fraction of sp³-hybridized carbons (Fsp3) is 0.375. The first kappa shape index (κ1) is 16.3. The molecule has 1 aromatic carbocycles. The molecule has 1 saturated carbocycles. The number of nitrogens with one attached hydrogen (secondary N) is 1. The Bertz CT molecular complexity index is 862. The molecule has 9 heteroatoms. The molecule has 3 aromatic rings. The maximum atomic E-state index is 5.37. The van der Waals surface area contributed by atoms with Crippen molar-refractivity contribution in [1.29, 1.82) is 0 Å². The third-order valence-corrected chi connectivity index (χ3v) is 5.76. The molecule has 130 valence electrons. The first-order chi connectivity index (χ1) is 12.2. The number of hydrogen-bond acceptors (Lipinski definition) is 9. The van der Waals surface area contributed by atoms with Crippen LogP contribution in [0.4, 0.5) is 10.8 Å². The van der Waals surface area contributed by atoms with Crippen LogP contribution in [0.1, 0.15) is 42.6 Å². The van der Waals surface area contributed by atoms with Gasteiger partial charge in [0.25, 0.3) is 0 Å². The second-order valence-electron chi connectivity index (χ2n) is 5.76. The monoisotopic (exact) mass is 375 g/mol. The number of thioether (sulfide) groups is 1. The Morgan fingerprint density at radius 2 is 2.24 bits per heavy atom. The minimum atomic E-state index is 0.0395. The number of ether oxygens (including phenoxy) is 1. The number of aromatic nitrogens is 4. The van der Waals surface area contributed by atoms with E-state index in [-0.39, 0.29) is 5.25 Å². The quantitative estimate of drug-likeness (QED) is 0.608. The molecule has 2 aromatic heterocycles. The van der Waals surface area contributed by atoms with Crippen LogP contribution in [0.3, 0.4) is 0 Å². The molecule has 0 spiro atoms. The van der Waals surface area contributed by atoms with Crippen LogP contribution in [-0.4, -0.2) is 27.4 Å². The van der Waals surface area contributed by atoms with Gasteiger partial charge in [0, 0.05) is 17.7 Å². The summed E-state index contributed by atoms with van der Waals surface area (Å²) in [5.74, 6) is 2.76. The van der Waals surface area contributed by atoms with Crippen LogP contribution in [0.2, 0.25) is 0 Å². The molecule has 0 radical (unpaired) electrons. The fourth-order valence-corrected chi connectivity index (χ4v) is 4.20. The van der Waals surface area contributed by atoms with Gasteiger partial charge in [-0.1, -0.05) is 34.3 Å². The normalized spacial score (nSPS) is 15.1. The van der Waals surface area contributed by atoms with Crippen LogP contribution in [0.5, 0.6) is 5.75 Å². The SMILES string of the molecule is COc1cccc(Nc2nnc(SC(C)c3nc(C4CC4)no3)s2)c1. The van der Waals surface area contributed by atoms with Crippen LogP contribution in [0, 0.1) is 0 Å². The zero-order valence-corrected chi connectivity index (χ0v) is 15.4. The number of hydrogen-bond donors (Lipinski definition) is 1. The van der Waals surface area contributed by atoms with Crippen molar-refractivity contribution in [3.63, 3.8) is 0 Å². The summed E-state index contributed by atoms with van der Waals surface area (Å²) in [6, 6.07) is 7.69. The van der Waals surface area contributed by atoms with Gasteiger partial charge < -0.3 is 14.6 Å². The molecule has 1 fully saturated rings. The molecular formula is C16H17N5O2S2. The molecule has 1 aliphatic rings. The Balaban J connectivity index is 1.39. The molecule has 7 nitrogen and oxygen atoms in total. The minimum absolute atomic E-state index is 0.0395. The largest absolute Gasteiger partial charge is 0.497 e. The lowest BCUT2D eigenvalue weighted by Crippen LogP contribution is -1.90. The molecular weight excluding hydrogens is 358 g/mol. The molecule has 1 atom stereocenters. The summed E-state index contributed by atoms with van der Waals surface area (Å²) >= 11 is 3.05. The average molecular weight is 375 g/mol. The first-order valence-corrected chi connectivity index (χ1v) is 9.65. The smallest absolute Gasteiger partial charge is 0.239 e. The lowest BCUT2D eigenvalue weighted by Gasteiger charge is -2.04. The zero-order valence-electron chi connectivity index (χ0n) is 13.8. The van der Waals surface area contributed by atoms with Gasteiger partial charge >= 0.3 is 0 Å². The molecule has 0 saturated heterocycles. The summed E-state index contributed by atoms with van der Waals surface area (Å²) in [6.07, 6.45) is 2.33. The molecule has 1 unspecified atom stereocenters. The van der Waals surface area contributed by atoms with Crippen molar-refractivity contribution in [3.05, 3.63) is 36.0 Å². The standard InChI is InChI=1S/C16H17N5O2S2/c1-9(14-18-13(21-23-14)10-6-7-10)24-16-20-19-15(25-16)17-11-4-3-5-12(8-11)22-2/h3-5,8-10H,6-7H2,1-2H3,(H,17,19). The molecule has 25 heavy (non-hydrogen) atoms. The lowest BCUT2D eigenvalue weighted by molar-refractivity contribution is 0.375. The van der Waals surface area contributed by atoms with E-state index in [9.17, 15) is 0 Å². The van der Waals surface area contributed by atoms with Crippen LogP contribution < -0.4 is 10.1 Å². The summed E-state index contributed by atoms with van der Waals surface area (Å²) in [5, 5.41) is 16.5. The molecule has 2 heterocycles. The van der Waals surface area contributed by atoms with E-state index in [1.54, 1.807) is 18.9 Å². The Morgan fingerprint density at radius 3 is 3.04 bits per heavy atom. The lowest BCUT2D eigenvalue weighted by atomic mass is 10.3. The summed E-state index contributed by atoms with van der Waals surface area (Å²) in [6.45, 7) is 2.03. The van der Waals surface area contributed by atoms with Crippen molar-refractivity contribution in [2.75, 3.05) is 12.4 Å². The predicted octanol–water partition coefficient (Wildman–Crippen LogP) is 4.40. The maximum absolute atomic E-state index is 5.37. The fourth-order valence-electron chi connectivity index (χ4n) is 2.25. The molecule has 1 aliphatic carbocycles. The molecule has 4 rings (SSSR count). The highest BCUT2D eigenvalue weighted by Gasteiger charge is 2.30. The van der Waals surface area contributed by atoms with E-state index >= 15 is 0 Å². The average Bonchev–Trinajstić information content (AvgIpc) is 3.19. The van der Waals surface area contributed by atoms with Crippen molar-refractivity contribution in [3.8, 4) is 5.75 Å². The van der Waals surface area contributed by atoms with Gasteiger partial charge in [0.15, 0.2) is 10.2 Å². The topological polar surface area (TPSA) is 86.0 Å². The van der Waals surface area contributed by atoms with Crippen molar-refractivity contribution in [2.45, 2.75) is 35.3 Å². The van der Waals surface area contributed by atoms with Gasteiger partial charge in [-0.15, -0.1) is 10.2 Å². The highest BCUT2D eigenvalue weighted by molar-refractivity contribution is 8.01. The molecule has 0 aliphatic heterocycles. The number of nitrogens with zero attached hydrogens (tertiary/aromatic N) is 4. The van der Waals surface area contributed by atoms with Crippen LogP contribution >= 0.6 is 23.1 Å². The second kappa shape index (κ2) is 7.01. The van der Waals surface area contributed by atoms with Gasteiger partial charge in [0.05, 0.1) is 12.4 Å². The van der Waals surface area contributed by atoms with Crippen molar-refractivity contribution in [2.24, 2.45) is 0 Å². The van der Waals surface area contributed by atoms with Crippen LogP contribution in [0.15, 0.2) is 33.1 Å². The number of benzene rings is 1. The molecule has 1 N–H and O–H groups in total. The van der Waals surface area contributed by atoms with Crippen LogP contribution in [0.25, 0.3) is 0 Å². The maximum Gasteiger partial charge on any atom is 0.239 e. The van der Waals surface area contributed by atoms with Gasteiger partial charge in [0.1, 0.15) is 5.75 Å². The van der Waals surface area contributed by atoms with Crippen molar-refractivity contribution >= 4 is 33.9 Å². The van der Waals surface area contributed by atoms with Gasteiger partial charge in [-0.2, -0.15) is 4.98 Å². The highest BCUT2D eigenvalue weighted by Crippen LogP contribution is 2.41. The van der Waals surface area contributed by atoms with Crippen molar-refractivity contribution < 1.29 is 9.26 Å². The molecule has 0 bridgehead atoms. The van der Waals surface area contributed by atoms with E-state index in [4.69, 9.17) is 9.26 Å². The van der Waals surface area contributed by atoms with E-state index in [0.29, 0.717) is 11.8 Å². The van der Waals surface area contributed by atoms with Gasteiger partial charge in [-0.05, 0) is 31.9 Å². The number of methoxy groups -OCH3 is 1. The van der Waals surface area contributed by atoms with Gasteiger partial charge in [-0.3, -0.25) is 0 Å². The second-order valence-corrected chi connectivity index (χ2v) is 8.32. The first-order valence-electron chi connectivity index (χ1n) is 7.96. The Morgan fingerprint density at radius 1 is 1.36 bits per heavy atom. The van der Waals surface area contributed by atoms with E-state index in [1.807, 2.05) is 31.2 Å². The summed E-state index contributed by atoms with van der Waals surface area (Å²) in [7, 11) is 1.65. The van der Waals surface area contributed by atoms with E-state index in [2.05, 4.69) is 25.7 Å². The third kappa shape index (κ3) is 3.93. The Labute approximate surface area is 153 Å². The van der Waals surface area contributed by atoms with E-state index in [0.717, 1.165) is 39.6 Å². The zero-order chi connectivity index (χ0) is 17.2. The van der Waals surface area contributed by atoms with Gasteiger partial charge in [-0.25, -0.2) is 0 Å². The Kier molecular flexibility index (Phi) is 4.58. The third-order valence-electron chi connectivity index (χ3n) is 3.75. The van der Waals surface area contributed by atoms with Gasteiger partial charge in [0.2, 0.25) is 11.0 Å². The predicted molar refractivity (Wildman–Crippen MR) is 96.7 cm³/mol. The number of anilines is 2. The van der Waals surface area contributed by atoms with Crippen LogP contribution in [-0.2, 0) is 0 Å². The van der Waals surface area contributed by atoms with Crippen molar-refractivity contribution in [1.82, 2.24) is 20.3 Å². The summed E-state index contributed by atoms with van der Waals surface area (Å²) in [4.78, 5) is 4.49. The number of rotatable bonds is 7.